The first kappa shape index (κ1) is 26.8. The molecule has 0 bridgehead atoms. The molecular formula is C38H28S2Si2. The Kier molecular flexibility index (Phi) is 7.94. The van der Waals surface area contributed by atoms with Crippen LogP contribution in [0.3, 0.4) is 0 Å². The Labute approximate surface area is 259 Å². The van der Waals surface area contributed by atoms with Crippen molar-refractivity contribution >= 4 is 71.4 Å². The van der Waals surface area contributed by atoms with Gasteiger partial charge in [0.15, 0.2) is 17.6 Å². The molecule has 7 aromatic rings. The van der Waals surface area contributed by atoms with Gasteiger partial charge >= 0.3 is 0 Å². The van der Waals surface area contributed by atoms with Crippen molar-refractivity contribution in [3.05, 3.63) is 168 Å². The summed E-state index contributed by atoms with van der Waals surface area (Å²) in [5, 5.41) is 13.1. The zero-order chi connectivity index (χ0) is 28.1. The molecule has 200 valence electrons. The van der Waals surface area contributed by atoms with Crippen LogP contribution >= 0.6 is 22.7 Å². The molecule has 4 heteroatoms. The van der Waals surface area contributed by atoms with E-state index in [0.29, 0.717) is 0 Å². The Morgan fingerprint density at radius 2 is 0.595 bits per heavy atom. The minimum Gasteiger partial charge on any atom is -0.144 e. The smallest absolute Gasteiger partial charge is 0.144 e. The van der Waals surface area contributed by atoms with Crippen molar-refractivity contribution in [1.82, 2.24) is 0 Å². The van der Waals surface area contributed by atoms with Gasteiger partial charge in [0.1, 0.15) is 0 Å². The SMILES string of the molecule is c1ccc([Si](c2ccccc2)c2ccsc2-c2ccc(-c3sccc3[Si](c3ccccc3)c3ccccc3)cc2)cc1. The van der Waals surface area contributed by atoms with Crippen LogP contribution in [0.25, 0.3) is 20.9 Å². The maximum atomic E-state index is 2.36. The summed E-state index contributed by atoms with van der Waals surface area (Å²) in [6, 6.07) is 58.2. The predicted octanol–water partition coefficient (Wildman–Crippen LogP) is 6.18. The molecule has 2 aromatic heterocycles. The van der Waals surface area contributed by atoms with E-state index in [1.54, 1.807) is 0 Å². The molecule has 0 fully saturated rings. The summed E-state index contributed by atoms with van der Waals surface area (Å²) in [4.78, 5) is 2.76. The van der Waals surface area contributed by atoms with Crippen LogP contribution in [0.5, 0.6) is 0 Å². The van der Waals surface area contributed by atoms with Gasteiger partial charge in [-0.1, -0.05) is 178 Å². The monoisotopic (exact) mass is 604 g/mol. The second kappa shape index (κ2) is 12.4. The summed E-state index contributed by atoms with van der Waals surface area (Å²) in [6.07, 6.45) is 0. The van der Waals surface area contributed by atoms with Gasteiger partial charge in [0.2, 0.25) is 0 Å². The molecule has 0 spiro atoms. The Balaban J connectivity index is 1.27. The molecule has 0 aliphatic rings. The van der Waals surface area contributed by atoms with Gasteiger partial charge in [-0.3, -0.25) is 0 Å². The Hall–Kier alpha value is -4.07. The van der Waals surface area contributed by atoms with Crippen LogP contribution in [0.2, 0.25) is 0 Å². The molecule has 0 nitrogen and oxygen atoms in total. The second-order valence-electron chi connectivity index (χ2n) is 10.1. The van der Waals surface area contributed by atoms with Crippen LogP contribution in [0.1, 0.15) is 0 Å². The van der Waals surface area contributed by atoms with Crippen molar-refractivity contribution in [3.8, 4) is 20.9 Å². The predicted molar refractivity (Wildman–Crippen MR) is 188 cm³/mol. The zero-order valence-electron chi connectivity index (χ0n) is 23.0. The lowest BCUT2D eigenvalue weighted by atomic mass is 10.1. The maximum Gasteiger partial charge on any atom is 0.156 e. The lowest BCUT2D eigenvalue weighted by molar-refractivity contribution is 1.69. The number of hydrogen-bond donors (Lipinski definition) is 0. The third kappa shape index (κ3) is 5.42. The van der Waals surface area contributed by atoms with E-state index in [-0.39, 0.29) is 0 Å². The molecule has 0 aliphatic heterocycles. The van der Waals surface area contributed by atoms with Gasteiger partial charge in [-0.25, -0.2) is 0 Å². The summed E-state index contributed by atoms with van der Waals surface area (Å²) in [6.45, 7) is 0. The van der Waals surface area contributed by atoms with Crippen molar-refractivity contribution in [2.24, 2.45) is 0 Å². The molecule has 42 heavy (non-hydrogen) atoms. The van der Waals surface area contributed by atoms with Gasteiger partial charge in [0.25, 0.3) is 0 Å². The number of benzene rings is 5. The standard InChI is InChI=1S/C38H28S2Si2/c1-5-13-31(14-6-1)41(32-15-7-2-8-16-32)35-25-27-39-37(35)29-21-23-30(24-22-29)38-36(26-28-40-38)42(33-17-9-3-10-18-33)34-19-11-4-12-20-34/h1-28H. The van der Waals surface area contributed by atoms with Gasteiger partial charge in [-0.2, -0.15) is 0 Å². The van der Waals surface area contributed by atoms with Crippen LogP contribution in [-0.4, -0.2) is 17.6 Å². The second-order valence-corrected chi connectivity index (χ2v) is 16.8. The van der Waals surface area contributed by atoms with E-state index in [0.717, 1.165) is 0 Å². The minimum atomic E-state index is -1.13. The van der Waals surface area contributed by atoms with Crippen molar-refractivity contribution < 1.29 is 0 Å². The molecule has 0 N–H and O–H groups in total. The Morgan fingerprint density at radius 1 is 0.310 bits per heavy atom. The molecule has 5 aromatic carbocycles. The number of hydrogen-bond acceptors (Lipinski definition) is 2. The molecule has 2 radical (unpaired) electrons. The Bertz CT molecular complexity index is 1640. The highest BCUT2D eigenvalue weighted by molar-refractivity contribution is 7.17. The van der Waals surface area contributed by atoms with Crippen LogP contribution < -0.4 is 31.1 Å². The molecule has 7 rings (SSSR count). The minimum absolute atomic E-state index is 1.13. The normalized spacial score (nSPS) is 11.3. The third-order valence-corrected chi connectivity index (χ3v) is 15.4. The fraction of sp³-hybridized carbons (Fsp3) is 0. The average Bonchev–Trinajstić information content (AvgIpc) is 3.74. The average molecular weight is 605 g/mol. The topological polar surface area (TPSA) is 0 Å². The molecule has 0 saturated carbocycles. The van der Waals surface area contributed by atoms with Crippen LogP contribution in [-0.2, 0) is 0 Å². The highest BCUT2D eigenvalue weighted by Gasteiger charge is 2.25. The van der Waals surface area contributed by atoms with E-state index in [1.165, 1.54) is 52.0 Å². The fourth-order valence-electron chi connectivity index (χ4n) is 5.61. The highest BCUT2D eigenvalue weighted by atomic mass is 32.1. The third-order valence-electron chi connectivity index (χ3n) is 7.53. The molecule has 0 atom stereocenters. The fourth-order valence-corrected chi connectivity index (χ4v) is 13.7. The quantitative estimate of drug-likeness (QED) is 0.182. The van der Waals surface area contributed by atoms with E-state index < -0.39 is 17.6 Å². The molecule has 0 aliphatic carbocycles. The first-order valence-electron chi connectivity index (χ1n) is 14.1. The van der Waals surface area contributed by atoms with Gasteiger partial charge < -0.3 is 0 Å². The molecule has 0 saturated heterocycles. The van der Waals surface area contributed by atoms with E-state index in [9.17, 15) is 0 Å². The highest BCUT2D eigenvalue weighted by Crippen LogP contribution is 2.29. The van der Waals surface area contributed by atoms with Crippen LogP contribution in [0, 0.1) is 0 Å². The van der Waals surface area contributed by atoms with Gasteiger partial charge in [0, 0.05) is 9.75 Å². The first-order valence-corrected chi connectivity index (χ1v) is 18.8. The van der Waals surface area contributed by atoms with Crippen molar-refractivity contribution in [1.29, 1.82) is 0 Å². The van der Waals surface area contributed by atoms with Gasteiger partial charge in [-0.05, 0) is 32.3 Å². The number of rotatable bonds is 8. The molecular weight excluding hydrogens is 577 g/mol. The van der Waals surface area contributed by atoms with Crippen molar-refractivity contribution in [2.45, 2.75) is 0 Å². The van der Waals surface area contributed by atoms with Crippen molar-refractivity contribution in [3.63, 3.8) is 0 Å². The van der Waals surface area contributed by atoms with Gasteiger partial charge in [-0.15, -0.1) is 22.7 Å². The van der Waals surface area contributed by atoms with Crippen molar-refractivity contribution in [2.75, 3.05) is 0 Å². The van der Waals surface area contributed by atoms with E-state index >= 15 is 0 Å². The zero-order valence-corrected chi connectivity index (χ0v) is 26.6. The summed E-state index contributed by atoms with van der Waals surface area (Å²) in [7, 11) is -2.25. The maximum absolute atomic E-state index is 2.36. The Morgan fingerprint density at radius 3 is 0.881 bits per heavy atom. The first-order chi connectivity index (χ1) is 20.9. The lowest BCUT2D eigenvalue weighted by Crippen LogP contribution is -2.52. The summed E-state index contributed by atoms with van der Waals surface area (Å²) >= 11 is 3.72. The molecule has 2 heterocycles. The van der Waals surface area contributed by atoms with Gasteiger partial charge in [0.05, 0.1) is 0 Å². The number of thiophene rings is 2. The lowest BCUT2D eigenvalue weighted by Gasteiger charge is -2.18. The summed E-state index contributed by atoms with van der Waals surface area (Å²) in [5.41, 5.74) is 2.60. The van der Waals surface area contributed by atoms with Crippen LogP contribution in [0.15, 0.2) is 168 Å². The molecule has 0 amide bonds. The van der Waals surface area contributed by atoms with E-state index in [4.69, 9.17) is 0 Å². The largest absolute Gasteiger partial charge is 0.156 e. The van der Waals surface area contributed by atoms with Crippen LogP contribution in [0.4, 0.5) is 0 Å². The summed E-state index contributed by atoms with van der Waals surface area (Å²) < 4.78 is 0. The van der Waals surface area contributed by atoms with E-state index in [1.807, 2.05) is 22.7 Å². The van der Waals surface area contributed by atoms with E-state index in [2.05, 4.69) is 168 Å². The summed E-state index contributed by atoms with van der Waals surface area (Å²) in [5.74, 6) is 0. The molecule has 0 unspecified atom stereocenters.